The standard InChI is InChI=1S/C40H70O8/c1-3-5-7-8-9-10-11-12-13-14-15-16-21-25-31-39(45)47-33-36(42)34-48-40(46)32-26-30-38(44)37(43)29-24-20-18-17-19-23-28-35(41)27-22-6-4-2/h17-20,23-24,28-29,35-38,41-44H,3-16,21-22,25-27,30-34H2,1-2H3/b19-17-,20-18+,28-23+,29-24+/t35-,36-,37-,38-/m1/s1. The molecule has 0 fully saturated rings. The van der Waals surface area contributed by atoms with Crippen molar-refractivity contribution in [1.29, 1.82) is 0 Å². The summed E-state index contributed by atoms with van der Waals surface area (Å²) in [5.74, 6) is -0.883. The predicted molar refractivity (Wildman–Crippen MR) is 195 cm³/mol. The fourth-order valence-corrected chi connectivity index (χ4v) is 5.12. The fraction of sp³-hybridized carbons (Fsp3) is 0.750. The molecule has 0 unspecified atom stereocenters. The molecule has 4 N–H and O–H groups in total. The zero-order chi connectivity index (χ0) is 35.5. The summed E-state index contributed by atoms with van der Waals surface area (Å²) in [4.78, 5) is 23.9. The highest BCUT2D eigenvalue weighted by atomic mass is 16.6. The third kappa shape index (κ3) is 32.3. The molecule has 0 saturated carbocycles. The number of carbonyl (C=O) groups is 2. The molecule has 4 atom stereocenters. The Hall–Kier alpha value is -2.26. The van der Waals surface area contributed by atoms with Crippen LogP contribution < -0.4 is 0 Å². The number of carbonyl (C=O) groups excluding carboxylic acids is 2. The second-order valence-corrected chi connectivity index (χ2v) is 12.9. The average molecular weight is 679 g/mol. The van der Waals surface area contributed by atoms with Crippen LogP contribution in [0, 0.1) is 0 Å². The van der Waals surface area contributed by atoms with Gasteiger partial charge >= 0.3 is 11.9 Å². The molecule has 48 heavy (non-hydrogen) atoms. The van der Waals surface area contributed by atoms with Crippen LogP contribution in [-0.2, 0) is 19.1 Å². The van der Waals surface area contributed by atoms with Crippen molar-refractivity contribution >= 4 is 11.9 Å². The third-order valence-electron chi connectivity index (χ3n) is 8.18. The summed E-state index contributed by atoms with van der Waals surface area (Å²) in [6.07, 6.45) is 32.5. The first-order valence-corrected chi connectivity index (χ1v) is 19.0. The summed E-state index contributed by atoms with van der Waals surface area (Å²) < 4.78 is 10.2. The SMILES string of the molecule is CCCCCCCCCCCCCCCCC(=O)OC[C@@H](O)COC(=O)CCC[C@@H](O)[C@H](O)/C=C/C=C/C=C\C=C\[C@H](O)CCCCC. The summed E-state index contributed by atoms with van der Waals surface area (Å²) in [6, 6.07) is 0. The Morgan fingerprint density at radius 1 is 0.500 bits per heavy atom. The van der Waals surface area contributed by atoms with Crippen molar-refractivity contribution in [3.8, 4) is 0 Å². The number of aliphatic hydroxyl groups excluding tert-OH is 4. The van der Waals surface area contributed by atoms with Gasteiger partial charge in [-0.05, 0) is 25.7 Å². The molecule has 0 aliphatic rings. The number of aliphatic hydroxyl groups is 4. The van der Waals surface area contributed by atoms with E-state index in [1.807, 2.05) is 6.08 Å². The maximum Gasteiger partial charge on any atom is 0.305 e. The minimum Gasteiger partial charge on any atom is -0.463 e. The molecule has 0 aromatic heterocycles. The Labute approximate surface area is 292 Å². The van der Waals surface area contributed by atoms with Gasteiger partial charge in [0, 0.05) is 12.8 Å². The Morgan fingerprint density at radius 3 is 1.44 bits per heavy atom. The van der Waals surface area contributed by atoms with Gasteiger partial charge in [0.05, 0.1) is 18.3 Å². The molecule has 8 nitrogen and oxygen atoms in total. The van der Waals surface area contributed by atoms with Crippen LogP contribution in [0.1, 0.15) is 155 Å². The van der Waals surface area contributed by atoms with Gasteiger partial charge in [0.15, 0.2) is 0 Å². The van der Waals surface area contributed by atoms with Crippen molar-refractivity contribution < 1.29 is 39.5 Å². The lowest BCUT2D eigenvalue weighted by Crippen LogP contribution is -2.26. The minimum absolute atomic E-state index is 0.0324. The van der Waals surface area contributed by atoms with Gasteiger partial charge in [0.25, 0.3) is 0 Å². The Balaban J connectivity index is 3.79. The molecule has 0 radical (unpaired) electrons. The van der Waals surface area contributed by atoms with Gasteiger partial charge in [-0.2, -0.15) is 0 Å². The lowest BCUT2D eigenvalue weighted by atomic mass is 10.0. The fourth-order valence-electron chi connectivity index (χ4n) is 5.12. The molecule has 0 rings (SSSR count). The number of unbranched alkanes of at least 4 members (excludes halogenated alkanes) is 15. The number of hydrogen-bond donors (Lipinski definition) is 4. The first kappa shape index (κ1) is 45.7. The van der Waals surface area contributed by atoms with Gasteiger partial charge in [-0.25, -0.2) is 0 Å². The summed E-state index contributed by atoms with van der Waals surface area (Å²) in [5, 5.41) is 40.1. The van der Waals surface area contributed by atoms with Gasteiger partial charge in [-0.3, -0.25) is 9.59 Å². The Kier molecular flexibility index (Phi) is 33.0. The number of allylic oxidation sites excluding steroid dienone is 6. The molecular weight excluding hydrogens is 608 g/mol. The summed E-state index contributed by atoms with van der Waals surface area (Å²) in [7, 11) is 0. The van der Waals surface area contributed by atoms with Crippen molar-refractivity contribution in [1.82, 2.24) is 0 Å². The average Bonchev–Trinajstić information content (AvgIpc) is 3.07. The van der Waals surface area contributed by atoms with E-state index in [4.69, 9.17) is 9.47 Å². The van der Waals surface area contributed by atoms with Crippen LogP contribution in [0.25, 0.3) is 0 Å². The normalized spacial score (nSPS) is 14.7. The van der Waals surface area contributed by atoms with Crippen LogP contribution in [0.4, 0.5) is 0 Å². The van der Waals surface area contributed by atoms with E-state index >= 15 is 0 Å². The van der Waals surface area contributed by atoms with Crippen LogP contribution in [0.2, 0.25) is 0 Å². The Bertz CT molecular complexity index is 865. The molecular formula is C40H70O8. The molecule has 0 aliphatic heterocycles. The first-order chi connectivity index (χ1) is 23.3. The van der Waals surface area contributed by atoms with Crippen LogP contribution in [0.3, 0.4) is 0 Å². The van der Waals surface area contributed by atoms with Gasteiger partial charge in [0.1, 0.15) is 19.3 Å². The maximum atomic E-state index is 12.0. The minimum atomic E-state index is -1.09. The van der Waals surface area contributed by atoms with E-state index in [1.54, 1.807) is 36.5 Å². The van der Waals surface area contributed by atoms with E-state index in [2.05, 4.69) is 13.8 Å². The highest BCUT2D eigenvalue weighted by Gasteiger charge is 2.15. The van der Waals surface area contributed by atoms with Crippen molar-refractivity contribution in [3.63, 3.8) is 0 Å². The van der Waals surface area contributed by atoms with E-state index in [0.717, 1.165) is 44.9 Å². The van der Waals surface area contributed by atoms with Crippen molar-refractivity contribution in [2.45, 2.75) is 180 Å². The Morgan fingerprint density at radius 2 is 0.917 bits per heavy atom. The quantitative estimate of drug-likeness (QED) is 0.0309. The largest absolute Gasteiger partial charge is 0.463 e. The third-order valence-corrected chi connectivity index (χ3v) is 8.18. The highest BCUT2D eigenvalue weighted by Crippen LogP contribution is 2.14. The monoisotopic (exact) mass is 679 g/mol. The highest BCUT2D eigenvalue weighted by molar-refractivity contribution is 5.69. The molecule has 0 aromatic carbocycles. The topological polar surface area (TPSA) is 134 Å². The zero-order valence-electron chi connectivity index (χ0n) is 30.3. The second-order valence-electron chi connectivity index (χ2n) is 12.9. The molecule has 0 saturated heterocycles. The molecule has 0 amide bonds. The maximum absolute atomic E-state index is 12.0. The molecule has 0 heterocycles. The summed E-state index contributed by atoms with van der Waals surface area (Å²) in [5.41, 5.74) is 0. The van der Waals surface area contributed by atoms with Crippen LogP contribution in [0.15, 0.2) is 48.6 Å². The van der Waals surface area contributed by atoms with Crippen LogP contribution in [-0.4, -0.2) is 70.0 Å². The van der Waals surface area contributed by atoms with Crippen molar-refractivity contribution in [2.24, 2.45) is 0 Å². The van der Waals surface area contributed by atoms with Gasteiger partial charge < -0.3 is 29.9 Å². The molecule has 278 valence electrons. The van der Waals surface area contributed by atoms with Crippen LogP contribution in [0.5, 0.6) is 0 Å². The molecule has 0 spiro atoms. The van der Waals surface area contributed by atoms with E-state index in [9.17, 15) is 30.0 Å². The lowest BCUT2D eigenvalue weighted by Gasteiger charge is -2.14. The number of hydrogen-bond acceptors (Lipinski definition) is 8. The number of esters is 2. The van der Waals surface area contributed by atoms with E-state index in [1.165, 1.54) is 76.7 Å². The zero-order valence-corrected chi connectivity index (χ0v) is 30.3. The van der Waals surface area contributed by atoms with Gasteiger partial charge in [-0.1, -0.05) is 165 Å². The van der Waals surface area contributed by atoms with E-state index in [-0.39, 0.29) is 32.0 Å². The first-order valence-electron chi connectivity index (χ1n) is 19.0. The number of rotatable bonds is 33. The lowest BCUT2D eigenvalue weighted by molar-refractivity contribution is -0.152. The number of ether oxygens (including phenoxy) is 2. The van der Waals surface area contributed by atoms with E-state index in [0.29, 0.717) is 12.8 Å². The summed E-state index contributed by atoms with van der Waals surface area (Å²) >= 11 is 0. The molecule has 0 aliphatic carbocycles. The molecule has 0 aromatic rings. The second kappa shape index (κ2) is 34.6. The van der Waals surface area contributed by atoms with Crippen LogP contribution >= 0.6 is 0 Å². The van der Waals surface area contributed by atoms with Crippen molar-refractivity contribution in [2.75, 3.05) is 13.2 Å². The summed E-state index contributed by atoms with van der Waals surface area (Å²) in [6.45, 7) is 3.89. The predicted octanol–water partition coefficient (Wildman–Crippen LogP) is 8.36. The van der Waals surface area contributed by atoms with Gasteiger partial charge in [-0.15, -0.1) is 0 Å². The van der Waals surface area contributed by atoms with Gasteiger partial charge in [0.2, 0.25) is 0 Å². The molecule has 8 heteroatoms. The molecule has 0 bridgehead atoms. The smallest absolute Gasteiger partial charge is 0.305 e. The van der Waals surface area contributed by atoms with E-state index < -0.39 is 30.4 Å². The van der Waals surface area contributed by atoms with Crippen molar-refractivity contribution in [3.05, 3.63) is 48.6 Å².